The molecule has 1 heterocycles. The second-order valence-corrected chi connectivity index (χ2v) is 10.2. The van der Waals surface area contributed by atoms with Crippen LogP contribution in [-0.4, -0.2) is 29.9 Å². The molecule has 0 spiro atoms. The molecule has 1 aliphatic heterocycles. The van der Waals surface area contributed by atoms with Crippen molar-refractivity contribution in [1.82, 2.24) is 0 Å². The Labute approximate surface area is 156 Å². The zero-order valence-electron chi connectivity index (χ0n) is 12.3. The number of imide groups is 1. The van der Waals surface area contributed by atoms with E-state index in [9.17, 15) is 18.0 Å². The van der Waals surface area contributed by atoms with E-state index in [2.05, 4.69) is 31.9 Å². The van der Waals surface area contributed by atoms with E-state index >= 15 is 0 Å². The van der Waals surface area contributed by atoms with E-state index in [4.69, 9.17) is 5.14 Å². The van der Waals surface area contributed by atoms with Crippen LogP contribution in [0, 0.1) is 23.7 Å². The molecular formula is C15H14Br2N2O4S. The number of alkyl halides is 2. The highest BCUT2D eigenvalue weighted by Gasteiger charge is 2.66. The summed E-state index contributed by atoms with van der Waals surface area (Å²) < 4.78 is 22.7. The Balaban J connectivity index is 1.69. The number of carbonyl (C=O) groups excluding carboxylic acids is 2. The highest BCUT2D eigenvalue weighted by atomic mass is 79.9. The van der Waals surface area contributed by atoms with Crippen molar-refractivity contribution in [2.75, 3.05) is 4.90 Å². The molecule has 2 aliphatic carbocycles. The number of sulfonamides is 1. The average Bonchev–Trinajstić information content (AvgIpc) is 3.12. The van der Waals surface area contributed by atoms with E-state index in [1.54, 1.807) is 0 Å². The van der Waals surface area contributed by atoms with Crippen LogP contribution >= 0.6 is 31.9 Å². The lowest BCUT2D eigenvalue weighted by Crippen LogP contribution is -2.37. The number of fused-ring (bicyclic) bond motifs is 5. The van der Waals surface area contributed by atoms with Gasteiger partial charge in [-0.15, -0.1) is 0 Å². The molecule has 2 bridgehead atoms. The monoisotopic (exact) mass is 476 g/mol. The summed E-state index contributed by atoms with van der Waals surface area (Å²) in [5.41, 5.74) is 0.392. The van der Waals surface area contributed by atoms with Crippen LogP contribution in [0.2, 0.25) is 0 Å². The Morgan fingerprint density at radius 1 is 0.958 bits per heavy atom. The molecule has 0 radical (unpaired) electrons. The van der Waals surface area contributed by atoms with Crippen LogP contribution in [0.1, 0.15) is 6.42 Å². The Kier molecular flexibility index (Phi) is 3.73. The first-order chi connectivity index (χ1) is 11.2. The molecule has 0 aromatic heterocycles. The normalized spacial score (nSPS) is 38.0. The second-order valence-electron chi connectivity index (χ2n) is 6.55. The molecule has 6 atom stereocenters. The first-order valence-electron chi connectivity index (χ1n) is 7.50. The third-order valence-electron chi connectivity index (χ3n) is 5.41. The number of nitrogens with two attached hydrogens (primary N) is 1. The maximum atomic E-state index is 12.8. The highest BCUT2D eigenvalue weighted by Crippen LogP contribution is 2.60. The highest BCUT2D eigenvalue weighted by molar-refractivity contribution is 9.12. The predicted octanol–water partition coefficient (Wildman–Crippen LogP) is 1.62. The Bertz CT molecular complexity index is 810. The summed E-state index contributed by atoms with van der Waals surface area (Å²) in [7, 11) is -3.81. The summed E-state index contributed by atoms with van der Waals surface area (Å²) in [6.45, 7) is 0. The van der Waals surface area contributed by atoms with Crippen LogP contribution in [0.25, 0.3) is 0 Å². The van der Waals surface area contributed by atoms with Gasteiger partial charge in [-0.3, -0.25) is 14.5 Å². The van der Waals surface area contributed by atoms with Crippen molar-refractivity contribution in [2.45, 2.75) is 21.0 Å². The molecule has 2 amide bonds. The first-order valence-corrected chi connectivity index (χ1v) is 10.9. The first kappa shape index (κ1) is 16.7. The molecule has 1 aromatic rings. The zero-order valence-corrected chi connectivity index (χ0v) is 16.3. The van der Waals surface area contributed by atoms with Crippen LogP contribution < -0.4 is 10.0 Å². The minimum absolute atomic E-state index is 0.0494. The molecule has 2 saturated carbocycles. The minimum atomic E-state index is -3.81. The van der Waals surface area contributed by atoms with Gasteiger partial charge in [0.2, 0.25) is 21.8 Å². The molecule has 0 unspecified atom stereocenters. The number of rotatable bonds is 2. The van der Waals surface area contributed by atoms with Crippen LogP contribution in [0.5, 0.6) is 0 Å². The topological polar surface area (TPSA) is 97.5 Å². The molecule has 128 valence electrons. The quantitative estimate of drug-likeness (QED) is 0.516. The zero-order chi connectivity index (χ0) is 17.4. The van der Waals surface area contributed by atoms with Crippen molar-refractivity contribution in [3.8, 4) is 0 Å². The number of halogens is 2. The summed E-state index contributed by atoms with van der Waals surface area (Å²) in [5, 5.41) is 5.08. The molecular weight excluding hydrogens is 464 g/mol. The van der Waals surface area contributed by atoms with Crippen molar-refractivity contribution in [2.24, 2.45) is 28.8 Å². The fourth-order valence-electron chi connectivity index (χ4n) is 4.39. The smallest absolute Gasteiger partial charge is 0.238 e. The fraction of sp³-hybridized carbons (Fsp3) is 0.467. The van der Waals surface area contributed by atoms with E-state index < -0.39 is 10.0 Å². The van der Waals surface area contributed by atoms with E-state index in [0.717, 1.165) is 6.42 Å². The van der Waals surface area contributed by atoms with E-state index in [-0.39, 0.29) is 50.0 Å². The summed E-state index contributed by atoms with van der Waals surface area (Å²) in [6.07, 6.45) is 0.872. The molecule has 1 aromatic carbocycles. The Hall–Kier alpha value is -0.770. The standard InChI is InChI=1S/C15H14Br2N2O4S/c16-12-8-5-9(13(12)17)11-10(8)14(20)19(15(11)21)6-1-3-7(4-2-6)24(18,22)23/h1-4,8-13H,5H2,(H2,18,22,23)/t8-,9-,10-,11+,12+,13+/m1/s1. The lowest BCUT2D eigenvalue weighted by molar-refractivity contribution is -0.123. The van der Waals surface area contributed by atoms with Crippen molar-refractivity contribution in [3.63, 3.8) is 0 Å². The number of hydrogen-bond acceptors (Lipinski definition) is 4. The summed E-state index contributed by atoms with van der Waals surface area (Å²) in [4.78, 5) is 27.2. The van der Waals surface area contributed by atoms with E-state index in [1.807, 2.05) is 0 Å². The van der Waals surface area contributed by atoms with Gasteiger partial charge in [0.15, 0.2) is 0 Å². The molecule has 9 heteroatoms. The van der Waals surface area contributed by atoms with Gasteiger partial charge in [-0.05, 0) is 42.5 Å². The number of carbonyl (C=O) groups is 2. The van der Waals surface area contributed by atoms with Gasteiger partial charge in [0, 0.05) is 9.65 Å². The predicted molar refractivity (Wildman–Crippen MR) is 94.3 cm³/mol. The number of amides is 2. The minimum Gasteiger partial charge on any atom is -0.274 e. The van der Waals surface area contributed by atoms with E-state index in [0.29, 0.717) is 5.69 Å². The molecule has 3 aliphatic rings. The van der Waals surface area contributed by atoms with Crippen LogP contribution in [0.3, 0.4) is 0 Å². The summed E-state index contributed by atoms with van der Waals surface area (Å²) in [6, 6.07) is 5.54. The number of primary sulfonamides is 1. The van der Waals surface area contributed by atoms with Gasteiger partial charge >= 0.3 is 0 Å². The van der Waals surface area contributed by atoms with Crippen LogP contribution in [0.4, 0.5) is 5.69 Å². The van der Waals surface area contributed by atoms with E-state index in [1.165, 1.54) is 29.2 Å². The van der Waals surface area contributed by atoms with Gasteiger partial charge in [-0.2, -0.15) is 0 Å². The lowest BCUT2D eigenvalue weighted by Gasteiger charge is -2.28. The molecule has 24 heavy (non-hydrogen) atoms. The molecule has 1 saturated heterocycles. The maximum absolute atomic E-state index is 12.8. The van der Waals surface area contributed by atoms with Gasteiger partial charge in [0.25, 0.3) is 0 Å². The van der Waals surface area contributed by atoms with Crippen LogP contribution in [0.15, 0.2) is 29.2 Å². The fourth-order valence-corrected chi connectivity index (χ4v) is 6.78. The van der Waals surface area contributed by atoms with Crippen molar-refractivity contribution in [3.05, 3.63) is 24.3 Å². The molecule has 3 fully saturated rings. The van der Waals surface area contributed by atoms with Gasteiger partial charge in [-0.25, -0.2) is 13.6 Å². The average molecular weight is 478 g/mol. The molecule has 2 N–H and O–H groups in total. The van der Waals surface area contributed by atoms with Gasteiger partial charge in [0.1, 0.15) is 0 Å². The summed E-state index contributed by atoms with van der Waals surface area (Å²) in [5.74, 6) is -0.671. The van der Waals surface area contributed by atoms with Gasteiger partial charge in [0.05, 0.1) is 22.4 Å². The largest absolute Gasteiger partial charge is 0.274 e. The third-order valence-corrected chi connectivity index (χ3v) is 9.55. The second kappa shape index (κ2) is 5.36. The lowest BCUT2D eigenvalue weighted by atomic mass is 9.81. The molecule has 6 nitrogen and oxygen atoms in total. The van der Waals surface area contributed by atoms with Crippen molar-refractivity contribution < 1.29 is 18.0 Å². The van der Waals surface area contributed by atoms with Crippen LogP contribution in [-0.2, 0) is 19.6 Å². The number of benzene rings is 1. The van der Waals surface area contributed by atoms with Crippen molar-refractivity contribution >= 4 is 59.4 Å². The summed E-state index contributed by atoms with van der Waals surface area (Å²) >= 11 is 7.29. The maximum Gasteiger partial charge on any atom is 0.238 e. The van der Waals surface area contributed by atoms with Gasteiger partial charge < -0.3 is 0 Å². The number of nitrogens with zero attached hydrogens (tertiary/aromatic N) is 1. The number of hydrogen-bond donors (Lipinski definition) is 1. The van der Waals surface area contributed by atoms with Gasteiger partial charge in [-0.1, -0.05) is 31.9 Å². The number of anilines is 1. The molecule has 4 rings (SSSR count). The Morgan fingerprint density at radius 3 is 1.83 bits per heavy atom. The Morgan fingerprint density at radius 2 is 1.42 bits per heavy atom. The third kappa shape index (κ3) is 2.17. The SMILES string of the molecule is NS(=O)(=O)c1ccc(N2C(=O)[C@@H]3[C@H]4C[C@@H]([C@H](Br)[C@H]4Br)[C@@H]3C2=O)cc1. The van der Waals surface area contributed by atoms with Crippen molar-refractivity contribution in [1.29, 1.82) is 0 Å².